The lowest BCUT2D eigenvalue weighted by atomic mass is 10.1. The molecule has 5 heteroatoms. The number of pyridine rings is 1. The average molecular weight is 260 g/mol. The molecule has 102 valence electrons. The van der Waals surface area contributed by atoms with E-state index in [-0.39, 0.29) is 12.5 Å². The number of aryl methyl sites for hydroxylation is 2. The fourth-order valence-corrected chi connectivity index (χ4v) is 1.83. The smallest absolute Gasteiger partial charge is 0.241 e. The first-order valence-electron chi connectivity index (χ1n) is 6.24. The van der Waals surface area contributed by atoms with Gasteiger partial charge in [-0.15, -0.1) is 0 Å². The minimum Gasteiger partial charge on any atom is -0.347 e. The third kappa shape index (κ3) is 3.44. The molecule has 0 N–H and O–H groups in total. The van der Waals surface area contributed by atoms with Gasteiger partial charge in [-0.2, -0.15) is 5.26 Å². The maximum atomic E-state index is 11.8. The maximum Gasteiger partial charge on any atom is 0.241 e. The van der Waals surface area contributed by atoms with Gasteiger partial charge in [0.2, 0.25) is 5.91 Å². The molecule has 1 aromatic heterocycles. The van der Waals surface area contributed by atoms with Crippen molar-refractivity contribution in [1.82, 2.24) is 9.88 Å². The lowest BCUT2D eigenvalue weighted by molar-refractivity contribution is -0.127. The monoisotopic (exact) mass is 260 g/mol. The van der Waals surface area contributed by atoms with Crippen molar-refractivity contribution in [3.05, 3.63) is 22.9 Å². The Morgan fingerprint density at radius 1 is 1.42 bits per heavy atom. The van der Waals surface area contributed by atoms with E-state index in [4.69, 9.17) is 0 Å². The van der Waals surface area contributed by atoms with Gasteiger partial charge in [-0.25, -0.2) is 4.98 Å². The van der Waals surface area contributed by atoms with Gasteiger partial charge in [0, 0.05) is 26.3 Å². The fourth-order valence-electron chi connectivity index (χ4n) is 1.83. The Labute approximate surface area is 114 Å². The number of amides is 1. The van der Waals surface area contributed by atoms with Crippen molar-refractivity contribution < 1.29 is 4.79 Å². The van der Waals surface area contributed by atoms with Gasteiger partial charge in [0.25, 0.3) is 0 Å². The standard InChI is InChI=1S/C14H20N4O/c1-6-18(9-13(19)17(4)5)14-12(8-15)10(2)7-11(3)16-14/h7H,6,9H2,1-5H3. The van der Waals surface area contributed by atoms with Crippen LogP contribution in [0.25, 0.3) is 0 Å². The summed E-state index contributed by atoms with van der Waals surface area (Å²) in [6.45, 7) is 6.58. The Kier molecular flexibility index (Phi) is 4.87. The van der Waals surface area contributed by atoms with Crippen LogP contribution in [0.2, 0.25) is 0 Å². The zero-order chi connectivity index (χ0) is 14.6. The number of nitriles is 1. The Balaban J connectivity index is 3.18. The Hall–Kier alpha value is -2.09. The van der Waals surface area contributed by atoms with E-state index in [0.29, 0.717) is 17.9 Å². The van der Waals surface area contributed by atoms with E-state index < -0.39 is 0 Å². The summed E-state index contributed by atoms with van der Waals surface area (Å²) in [6, 6.07) is 4.06. The summed E-state index contributed by atoms with van der Waals surface area (Å²) in [5.74, 6) is 0.587. The summed E-state index contributed by atoms with van der Waals surface area (Å²) in [4.78, 5) is 19.6. The molecule has 1 rings (SSSR count). The Morgan fingerprint density at radius 3 is 2.53 bits per heavy atom. The zero-order valence-corrected chi connectivity index (χ0v) is 12.2. The topological polar surface area (TPSA) is 60.2 Å². The predicted octanol–water partition coefficient (Wildman–Crippen LogP) is 1.48. The SMILES string of the molecule is CCN(CC(=O)N(C)C)c1nc(C)cc(C)c1C#N. The van der Waals surface area contributed by atoms with Gasteiger partial charge in [0.1, 0.15) is 11.9 Å². The molecule has 1 aromatic rings. The van der Waals surface area contributed by atoms with E-state index in [0.717, 1.165) is 11.3 Å². The van der Waals surface area contributed by atoms with Gasteiger partial charge in [0.05, 0.1) is 12.1 Å². The second-order valence-corrected chi connectivity index (χ2v) is 4.69. The summed E-state index contributed by atoms with van der Waals surface area (Å²) in [5.41, 5.74) is 2.28. The molecule has 0 aliphatic rings. The van der Waals surface area contributed by atoms with Crippen molar-refractivity contribution in [2.45, 2.75) is 20.8 Å². The van der Waals surface area contributed by atoms with Gasteiger partial charge in [-0.1, -0.05) is 0 Å². The van der Waals surface area contributed by atoms with Crippen LogP contribution >= 0.6 is 0 Å². The number of nitrogens with zero attached hydrogens (tertiary/aromatic N) is 4. The fraction of sp³-hybridized carbons (Fsp3) is 0.500. The number of carbonyl (C=O) groups is 1. The quantitative estimate of drug-likeness (QED) is 0.823. The number of hydrogen-bond donors (Lipinski definition) is 0. The van der Waals surface area contributed by atoms with Crippen molar-refractivity contribution in [3.63, 3.8) is 0 Å². The van der Waals surface area contributed by atoms with Crippen LogP contribution in [0.15, 0.2) is 6.07 Å². The molecule has 0 aliphatic carbocycles. The number of anilines is 1. The third-order valence-corrected chi connectivity index (χ3v) is 2.94. The molecule has 19 heavy (non-hydrogen) atoms. The van der Waals surface area contributed by atoms with Crippen molar-refractivity contribution in [1.29, 1.82) is 5.26 Å². The number of likely N-dealkylation sites (N-methyl/N-ethyl adjacent to an activating group) is 2. The van der Waals surface area contributed by atoms with Crippen molar-refractivity contribution in [2.75, 3.05) is 32.1 Å². The van der Waals surface area contributed by atoms with Crippen LogP contribution < -0.4 is 4.90 Å². The Morgan fingerprint density at radius 2 is 2.05 bits per heavy atom. The molecule has 5 nitrogen and oxygen atoms in total. The molecule has 0 aliphatic heterocycles. The highest BCUT2D eigenvalue weighted by atomic mass is 16.2. The lowest BCUT2D eigenvalue weighted by Crippen LogP contribution is -2.37. The minimum atomic E-state index is -0.00769. The van der Waals surface area contributed by atoms with E-state index in [2.05, 4.69) is 11.1 Å². The number of hydrogen-bond acceptors (Lipinski definition) is 4. The molecule has 0 spiro atoms. The van der Waals surface area contributed by atoms with Crippen molar-refractivity contribution in [3.8, 4) is 6.07 Å². The summed E-state index contributed by atoms with van der Waals surface area (Å²) >= 11 is 0. The lowest BCUT2D eigenvalue weighted by Gasteiger charge is -2.24. The van der Waals surface area contributed by atoms with Crippen LogP contribution in [-0.4, -0.2) is 43.0 Å². The molecule has 0 saturated heterocycles. The van der Waals surface area contributed by atoms with Crippen LogP contribution in [-0.2, 0) is 4.79 Å². The summed E-state index contributed by atoms with van der Waals surface area (Å²) in [5, 5.41) is 9.27. The first-order chi connectivity index (χ1) is 8.90. The number of aromatic nitrogens is 1. The largest absolute Gasteiger partial charge is 0.347 e. The van der Waals surface area contributed by atoms with E-state index in [1.165, 1.54) is 4.90 Å². The molecular formula is C14H20N4O. The normalized spacial score (nSPS) is 9.89. The molecule has 0 bridgehead atoms. The number of rotatable bonds is 4. The van der Waals surface area contributed by atoms with Gasteiger partial charge in [-0.3, -0.25) is 4.79 Å². The van der Waals surface area contributed by atoms with Gasteiger partial charge in [0.15, 0.2) is 0 Å². The molecule has 0 radical (unpaired) electrons. The van der Waals surface area contributed by atoms with Gasteiger partial charge >= 0.3 is 0 Å². The molecule has 0 atom stereocenters. The molecule has 1 heterocycles. The molecule has 0 saturated carbocycles. The van der Waals surface area contributed by atoms with Crippen LogP contribution in [0.1, 0.15) is 23.7 Å². The number of carbonyl (C=O) groups excluding carboxylic acids is 1. The summed E-state index contributed by atoms with van der Waals surface area (Å²) in [7, 11) is 3.44. The second kappa shape index (κ2) is 6.19. The minimum absolute atomic E-state index is 0.00769. The molecule has 0 aromatic carbocycles. The van der Waals surface area contributed by atoms with Crippen LogP contribution in [0.4, 0.5) is 5.82 Å². The van der Waals surface area contributed by atoms with E-state index in [1.807, 2.05) is 31.7 Å². The second-order valence-electron chi connectivity index (χ2n) is 4.69. The van der Waals surface area contributed by atoms with Gasteiger partial charge in [-0.05, 0) is 32.4 Å². The maximum absolute atomic E-state index is 11.8. The highest BCUT2D eigenvalue weighted by Crippen LogP contribution is 2.21. The molecular weight excluding hydrogens is 240 g/mol. The highest BCUT2D eigenvalue weighted by molar-refractivity contribution is 5.81. The molecule has 1 amide bonds. The van der Waals surface area contributed by atoms with E-state index in [1.54, 1.807) is 14.1 Å². The first kappa shape index (κ1) is 15.0. The highest BCUT2D eigenvalue weighted by Gasteiger charge is 2.18. The van der Waals surface area contributed by atoms with Crippen LogP contribution in [0.3, 0.4) is 0 Å². The van der Waals surface area contributed by atoms with E-state index >= 15 is 0 Å². The van der Waals surface area contributed by atoms with Crippen LogP contribution in [0, 0.1) is 25.2 Å². The molecule has 0 unspecified atom stereocenters. The van der Waals surface area contributed by atoms with Gasteiger partial charge < -0.3 is 9.80 Å². The van der Waals surface area contributed by atoms with E-state index in [9.17, 15) is 10.1 Å². The molecule has 0 fully saturated rings. The predicted molar refractivity (Wildman–Crippen MR) is 75.0 cm³/mol. The third-order valence-electron chi connectivity index (χ3n) is 2.94. The summed E-state index contributed by atoms with van der Waals surface area (Å²) < 4.78 is 0. The Bertz CT molecular complexity index is 517. The first-order valence-corrected chi connectivity index (χ1v) is 6.24. The summed E-state index contributed by atoms with van der Waals surface area (Å²) in [6.07, 6.45) is 0. The van der Waals surface area contributed by atoms with Crippen molar-refractivity contribution >= 4 is 11.7 Å². The zero-order valence-electron chi connectivity index (χ0n) is 12.2. The van der Waals surface area contributed by atoms with Crippen molar-refractivity contribution in [2.24, 2.45) is 0 Å². The average Bonchev–Trinajstić information content (AvgIpc) is 2.34. The van der Waals surface area contributed by atoms with Crippen LogP contribution in [0.5, 0.6) is 0 Å².